The van der Waals surface area contributed by atoms with Gasteiger partial charge in [0.2, 0.25) is 17.7 Å². The molecule has 0 aromatic heterocycles. The van der Waals surface area contributed by atoms with E-state index in [1.807, 2.05) is 54.6 Å². The predicted octanol–water partition coefficient (Wildman–Crippen LogP) is 2.56. The first kappa shape index (κ1) is 23.0. The number of anilines is 1. The zero-order valence-corrected chi connectivity index (χ0v) is 19.0. The molecule has 2 aromatic rings. The molecule has 33 heavy (non-hydrogen) atoms. The molecular formula is C26H31N3O4. The standard InChI is InChI=1S/C26H31N3O4/c1-3-6-17-10-12-20-22(21(17)24(31)27-2)26(33)29(13-14-30)23(20)25(32)28-19-11-9-16-7-4-5-8-18(16)15-19/h4-5,7-12,15,17,20-23,30H,3,6,13-14H2,1-2H3,(H,27,31)(H,28,32)/t17-,20+,21-,22+,23+/m1/s1. The van der Waals surface area contributed by atoms with Crippen molar-refractivity contribution in [2.75, 3.05) is 25.5 Å². The number of nitrogens with one attached hydrogen (secondary N) is 2. The van der Waals surface area contributed by atoms with E-state index in [9.17, 15) is 19.5 Å². The Hall–Kier alpha value is -3.19. The van der Waals surface area contributed by atoms with Gasteiger partial charge in [0.1, 0.15) is 6.04 Å². The van der Waals surface area contributed by atoms with Gasteiger partial charge < -0.3 is 20.6 Å². The maximum absolute atomic E-state index is 13.5. The molecule has 5 atom stereocenters. The number of aliphatic hydroxyl groups excluding tert-OH is 1. The molecule has 7 heteroatoms. The Labute approximate surface area is 193 Å². The number of fused-ring (bicyclic) bond motifs is 2. The quantitative estimate of drug-likeness (QED) is 0.566. The van der Waals surface area contributed by atoms with Crippen molar-refractivity contribution in [3.8, 4) is 0 Å². The van der Waals surface area contributed by atoms with Crippen molar-refractivity contribution in [3.63, 3.8) is 0 Å². The number of nitrogens with zero attached hydrogens (tertiary/aromatic N) is 1. The molecule has 0 saturated carbocycles. The lowest BCUT2D eigenvalue weighted by molar-refractivity contribution is -0.140. The smallest absolute Gasteiger partial charge is 0.247 e. The molecule has 7 nitrogen and oxygen atoms in total. The summed E-state index contributed by atoms with van der Waals surface area (Å²) in [6.45, 7) is 1.85. The van der Waals surface area contributed by atoms with Crippen molar-refractivity contribution < 1.29 is 19.5 Å². The maximum atomic E-state index is 13.5. The summed E-state index contributed by atoms with van der Waals surface area (Å²) in [5.41, 5.74) is 0.644. The van der Waals surface area contributed by atoms with Gasteiger partial charge in [0.15, 0.2) is 0 Å². The number of hydrogen-bond acceptors (Lipinski definition) is 4. The molecule has 1 fully saturated rings. The number of likely N-dealkylation sites (tertiary alicyclic amines) is 1. The average Bonchev–Trinajstić information content (AvgIpc) is 3.10. The Balaban J connectivity index is 1.66. The van der Waals surface area contributed by atoms with Crippen molar-refractivity contribution in [2.45, 2.75) is 25.8 Å². The van der Waals surface area contributed by atoms with Gasteiger partial charge in [-0.25, -0.2) is 0 Å². The van der Waals surface area contributed by atoms with Crippen molar-refractivity contribution in [2.24, 2.45) is 23.7 Å². The van der Waals surface area contributed by atoms with Gasteiger partial charge in [-0.05, 0) is 35.2 Å². The van der Waals surface area contributed by atoms with Crippen LogP contribution >= 0.6 is 0 Å². The van der Waals surface area contributed by atoms with E-state index in [0.29, 0.717) is 5.69 Å². The van der Waals surface area contributed by atoms with Gasteiger partial charge in [0.05, 0.1) is 18.4 Å². The summed E-state index contributed by atoms with van der Waals surface area (Å²) >= 11 is 0. The van der Waals surface area contributed by atoms with Gasteiger partial charge in [-0.2, -0.15) is 0 Å². The van der Waals surface area contributed by atoms with E-state index in [0.717, 1.165) is 23.6 Å². The van der Waals surface area contributed by atoms with Crippen LogP contribution in [0.25, 0.3) is 10.8 Å². The van der Waals surface area contributed by atoms with Crippen LogP contribution in [-0.4, -0.2) is 54.0 Å². The maximum Gasteiger partial charge on any atom is 0.247 e. The minimum atomic E-state index is -0.785. The van der Waals surface area contributed by atoms with E-state index >= 15 is 0 Å². The van der Waals surface area contributed by atoms with E-state index in [2.05, 4.69) is 17.6 Å². The van der Waals surface area contributed by atoms with Crippen LogP contribution in [0.1, 0.15) is 19.8 Å². The topological polar surface area (TPSA) is 98.7 Å². The van der Waals surface area contributed by atoms with Gasteiger partial charge in [-0.3, -0.25) is 14.4 Å². The van der Waals surface area contributed by atoms with Gasteiger partial charge >= 0.3 is 0 Å². The summed E-state index contributed by atoms with van der Waals surface area (Å²) in [7, 11) is 1.58. The number of carbonyl (C=O) groups excluding carboxylic acids is 3. The molecule has 3 N–H and O–H groups in total. The number of hydrogen-bond donors (Lipinski definition) is 3. The summed E-state index contributed by atoms with van der Waals surface area (Å²) in [5, 5.41) is 17.4. The molecule has 3 amide bonds. The third-order valence-corrected chi connectivity index (χ3v) is 6.91. The first-order valence-electron chi connectivity index (χ1n) is 11.6. The third-order valence-electron chi connectivity index (χ3n) is 6.91. The highest BCUT2D eigenvalue weighted by Gasteiger charge is 2.56. The molecule has 1 aliphatic heterocycles. The number of allylic oxidation sites excluding steroid dienone is 1. The monoisotopic (exact) mass is 449 g/mol. The summed E-state index contributed by atoms with van der Waals surface area (Å²) in [5.74, 6) is -2.37. The van der Waals surface area contributed by atoms with Crippen LogP contribution in [0, 0.1) is 23.7 Å². The van der Waals surface area contributed by atoms with Crippen LogP contribution in [0.15, 0.2) is 54.6 Å². The van der Waals surface area contributed by atoms with Crippen molar-refractivity contribution in [1.82, 2.24) is 10.2 Å². The molecule has 1 saturated heterocycles. The van der Waals surface area contributed by atoms with Crippen molar-refractivity contribution in [1.29, 1.82) is 0 Å². The van der Waals surface area contributed by atoms with Gasteiger partial charge in [0.25, 0.3) is 0 Å². The van der Waals surface area contributed by atoms with Crippen LogP contribution in [0.2, 0.25) is 0 Å². The lowest BCUT2D eigenvalue weighted by atomic mass is 9.68. The highest BCUT2D eigenvalue weighted by atomic mass is 16.3. The number of carbonyl (C=O) groups is 3. The van der Waals surface area contributed by atoms with E-state index < -0.39 is 23.8 Å². The third kappa shape index (κ3) is 4.25. The summed E-state index contributed by atoms with van der Waals surface area (Å²) in [4.78, 5) is 41.2. The Morgan fingerprint density at radius 3 is 2.52 bits per heavy atom. The van der Waals surface area contributed by atoms with Gasteiger partial charge in [0, 0.05) is 25.2 Å². The minimum absolute atomic E-state index is 0.0500. The van der Waals surface area contributed by atoms with Crippen LogP contribution in [0.3, 0.4) is 0 Å². The second-order valence-electron chi connectivity index (χ2n) is 8.83. The summed E-state index contributed by atoms with van der Waals surface area (Å²) in [6, 6.07) is 12.8. The zero-order valence-electron chi connectivity index (χ0n) is 19.0. The minimum Gasteiger partial charge on any atom is -0.395 e. The van der Waals surface area contributed by atoms with Crippen LogP contribution in [-0.2, 0) is 14.4 Å². The lowest BCUT2D eigenvalue weighted by Gasteiger charge is -2.34. The van der Waals surface area contributed by atoms with Crippen LogP contribution in [0.5, 0.6) is 0 Å². The molecule has 174 valence electrons. The Kier molecular flexibility index (Phi) is 6.79. The highest BCUT2D eigenvalue weighted by molar-refractivity contribution is 6.02. The highest BCUT2D eigenvalue weighted by Crippen LogP contribution is 2.45. The predicted molar refractivity (Wildman–Crippen MR) is 127 cm³/mol. The number of amides is 3. The first-order chi connectivity index (χ1) is 16.0. The Bertz CT molecular complexity index is 1080. The number of aliphatic hydroxyl groups is 1. The summed E-state index contributed by atoms with van der Waals surface area (Å²) in [6.07, 6.45) is 5.61. The molecule has 1 aliphatic carbocycles. The Morgan fingerprint density at radius 2 is 1.82 bits per heavy atom. The molecule has 1 heterocycles. The molecule has 0 unspecified atom stereocenters. The normalized spacial score (nSPS) is 26.3. The molecular weight excluding hydrogens is 418 g/mol. The van der Waals surface area contributed by atoms with Crippen LogP contribution < -0.4 is 10.6 Å². The first-order valence-corrected chi connectivity index (χ1v) is 11.6. The molecule has 2 aliphatic rings. The fourth-order valence-electron chi connectivity index (χ4n) is 5.46. The largest absolute Gasteiger partial charge is 0.395 e. The van der Waals surface area contributed by atoms with Crippen molar-refractivity contribution in [3.05, 3.63) is 54.6 Å². The van der Waals surface area contributed by atoms with E-state index in [4.69, 9.17) is 0 Å². The molecule has 0 spiro atoms. The fourth-order valence-corrected chi connectivity index (χ4v) is 5.46. The van der Waals surface area contributed by atoms with Gasteiger partial charge in [-0.15, -0.1) is 0 Å². The molecule has 4 rings (SSSR count). The average molecular weight is 450 g/mol. The number of β-amino-alcohol motifs (C(OH)–C–C–N with tert-alkyl or cyclic N) is 1. The van der Waals surface area contributed by atoms with E-state index in [1.165, 1.54) is 4.90 Å². The molecule has 2 aromatic carbocycles. The van der Waals surface area contributed by atoms with Gasteiger partial charge in [-0.1, -0.05) is 55.8 Å². The summed E-state index contributed by atoms with van der Waals surface area (Å²) < 4.78 is 0. The second kappa shape index (κ2) is 9.75. The lowest BCUT2D eigenvalue weighted by Crippen LogP contribution is -2.45. The fraction of sp³-hybridized carbons (Fsp3) is 0.423. The van der Waals surface area contributed by atoms with Crippen LogP contribution in [0.4, 0.5) is 5.69 Å². The zero-order chi connectivity index (χ0) is 23.5. The number of rotatable bonds is 7. The number of benzene rings is 2. The van der Waals surface area contributed by atoms with Crippen molar-refractivity contribution >= 4 is 34.2 Å². The molecule has 0 bridgehead atoms. The second-order valence-corrected chi connectivity index (χ2v) is 8.83. The van der Waals surface area contributed by atoms with E-state index in [-0.39, 0.29) is 36.8 Å². The SMILES string of the molecule is CCC[C@@H]1C=C[C@H]2[C@H](C(=O)N(CCO)[C@@H]2C(=O)Nc2ccc3ccccc3c2)[C@@H]1C(=O)NC. The van der Waals surface area contributed by atoms with E-state index in [1.54, 1.807) is 7.05 Å². The molecule has 0 radical (unpaired) electrons. The Morgan fingerprint density at radius 1 is 1.06 bits per heavy atom.